The summed E-state index contributed by atoms with van der Waals surface area (Å²) in [5, 5.41) is 15.2. The second kappa shape index (κ2) is 6.34. The standard InChI is InChI=1S/C16H28N2O3/c1-16(2,3)7-13(20)17-8-14(21)18-15-11-5-4-10(6-11)12(15)9-19/h10-12,15,19H,4-9H2,1-3H3,(H,17,20)(H,18,21). The molecule has 2 fully saturated rings. The van der Waals surface area contributed by atoms with Crippen LogP contribution in [0.25, 0.3) is 0 Å². The molecule has 0 heterocycles. The van der Waals surface area contributed by atoms with Crippen LogP contribution in [-0.4, -0.2) is 36.1 Å². The summed E-state index contributed by atoms with van der Waals surface area (Å²) in [5.74, 6) is 1.01. The van der Waals surface area contributed by atoms with Crippen LogP contribution in [-0.2, 0) is 9.59 Å². The Bertz CT molecular complexity index is 403. The molecule has 3 N–H and O–H groups in total. The van der Waals surface area contributed by atoms with Crippen molar-refractivity contribution >= 4 is 11.8 Å². The van der Waals surface area contributed by atoms with Crippen LogP contribution in [0.2, 0.25) is 0 Å². The summed E-state index contributed by atoms with van der Waals surface area (Å²) < 4.78 is 0. The van der Waals surface area contributed by atoms with Gasteiger partial charge in [-0.1, -0.05) is 20.8 Å². The zero-order chi connectivity index (χ0) is 15.6. The van der Waals surface area contributed by atoms with E-state index in [-0.39, 0.29) is 42.3 Å². The van der Waals surface area contributed by atoms with Crippen molar-refractivity contribution in [2.24, 2.45) is 23.2 Å². The van der Waals surface area contributed by atoms with Crippen molar-refractivity contribution in [3.63, 3.8) is 0 Å². The highest BCUT2D eigenvalue weighted by atomic mass is 16.3. The first-order valence-electron chi connectivity index (χ1n) is 7.97. The number of carbonyl (C=O) groups excluding carboxylic acids is 2. The Morgan fingerprint density at radius 3 is 2.43 bits per heavy atom. The highest BCUT2D eigenvalue weighted by Gasteiger charge is 2.47. The minimum Gasteiger partial charge on any atom is -0.396 e. The molecule has 4 unspecified atom stereocenters. The Labute approximate surface area is 126 Å². The molecule has 21 heavy (non-hydrogen) atoms. The van der Waals surface area contributed by atoms with Crippen molar-refractivity contribution in [2.75, 3.05) is 13.2 Å². The van der Waals surface area contributed by atoms with Crippen molar-refractivity contribution < 1.29 is 14.7 Å². The number of rotatable bonds is 5. The first-order valence-corrected chi connectivity index (χ1v) is 7.97. The van der Waals surface area contributed by atoms with E-state index in [9.17, 15) is 14.7 Å². The maximum absolute atomic E-state index is 12.0. The van der Waals surface area contributed by atoms with E-state index < -0.39 is 0 Å². The molecule has 2 amide bonds. The molecular weight excluding hydrogens is 268 g/mol. The molecule has 2 saturated carbocycles. The average Bonchev–Trinajstić information content (AvgIpc) is 2.95. The van der Waals surface area contributed by atoms with E-state index in [0.29, 0.717) is 18.3 Å². The van der Waals surface area contributed by atoms with Gasteiger partial charge < -0.3 is 15.7 Å². The lowest BCUT2D eigenvalue weighted by atomic mass is 9.85. The van der Waals surface area contributed by atoms with E-state index in [1.807, 2.05) is 20.8 Å². The van der Waals surface area contributed by atoms with Crippen molar-refractivity contribution in [3.05, 3.63) is 0 Å². The molecule has 2 rings (SSSR count). The first-order chi connectivity index (χ1) is 9.80. The van der Waals surface area contributed by atoms with Gasteiger partial charge in [0.05, 0.1) is 6.54 Å². The van der Waals surface area contributed by atoms with Crippen LogP contribution in [0.4, 0.5) is 0 Å². The monoisotopic (exact) mass is 296 g/mol. The molecule has 0 aliphatic heterocycles. The molecule has 5 nitrogen and oxygen atoms in total. The van der Waals surface area contributed by atoms with Gasteiger partial charge in [0.2, 0.25) is 11.8 Å². The molecule has 2 aliphatic rings. The first kappa shape index (κ1) is 16.3. The average molecular weight is 296 g/mol. The minimum atomic E-state index is -0.145. The maximum Gasteiger partial charge on any atom is 0.239 e. The number of aliphatic hydroxyl groups is 1. The fourth-order valence-corrected chi connectivity index (χ4v) is 3.86. The highest BCUT2D eigenvalue weighted by molar-refractivity contribution is 5.85. The summed E-state index contributed by atoms with van der Waals surface area (Å²) in [7, 11) is 0. The highest BCUT2D eigenvalue weighted by Crippen LogP contribution is 2.48. The minimum absolute atomic E-state index is 0.0287. The molecule has 4 atom stereocenters. The van der Waals surface area contributed by atoms with Gasteiger partial charge in [-0.15, -0.1) is 0 Å². The number of carbonyl (C=O) groups is 2. The van der Waals surface area contributed by atoms with Crippen molar-refractivity contribution in [1.82, 2.24) is 10.6 Å². The smallest absolute Gasteiger partial charge is 0.239 e. The van der Waals surface area contributed by atoms with Gasteiger partial charge in [0.15, 0.2) is 0 Å². The fourth-order valence-electron chi connectivity index (χ4n) is 3.86. The van der Waals surface area contributed by atoms with Gasteiger partial charge in [-0.25, -0.2) is 0 Å². The normalized spacial score (nSPS) is 31.2. The number of aliphatic hydroxyl groups excluding tert-OH is 1. The van der Waals surface area contributed by atoms with E-state index in [1.54, 1.807) is 0 Å². The van der Waals surface area contributed by atoms with Crippen LogP contribution in [0.15, 0.2) is 0 Å². The van der Waals surface area contributed by atoms with E-state index in [2.05, 4.69) is 10.6 Å². The molecule has 120 valence electrons. The van der Waals surface area contributed by atoms with Gasteiger partial charge in [0.25, 0.3) is 0 Å². The summed E-state index contributed by atoms with van der Waals surface area (Å²) in [4.78, 5) is 23.7. The second-order valence-corrected chi connectivity index (χ2v) is 7.79. The van der Waals surface area contributed by atoms with Crippen LogP contribution >= 0.6 is 0 Å². The summed E-state index contributed by atoms with van der Waals surface area (Å²) in [6.07, 6.45) is 3.84. The number of nitrogens with one attached hydrogen (secondary N) is 2. The van der Waals surface area contributed by atoms with Gasteiger partial charge in [-0.2, -0.15) is 0 Å². The summed E-state index contributed by atoms with van der Waals surface area (Å²) in [6.45, 7) is 6.15. The van der Waals surface area contributed by atoms with Crippen molar-refractivity contribution in [3.8, 4) is 0 Å². The molecule has 5 heteroatoms. The lowest BCUT2D eigenvalue weighted by molar-refractivity contribution is -0.127. The zero-order valence-electron chi connectivity index (χ0n) is 13.3. The Kier molecular flexibility index (Phi) is 4.91. The van der Waals surface area contributed by atoms with Crippen LogP contribution in [0.3, 0.4) is 0 Å². The van der Waals surface area contributed by atoms with Crippen LogP contribution in [0, 0.1) is 23.2 Å². The molecule has 0 saturated heterocycles. The SMILES string of the molecule is CC(C)(C)CC(=O)NCC(=O)NC1C2CCC(C2)C1CO. The van der Waals surface area contributed by atoms with Gasteiger partial charge in [-0.3, -0.25) is 9.59 Å². The Morgan fingerprint density at radius 2 is 1.81 bits per heavy atom. The number of amides is 2. The molecule has 2 bridgehead atoms. The summed E-state index contributed by atoms with van der Waals surface area (Å²) >= 11 is 0. The quantitative estimate of drug-likeness (QED) is 0.710. The van der Waals surface area contributed by atoms with Gasteiger partial charge in [-0.05, 0) is 36.5 Å². The molecule has 0 radical (unpaired) electrons. The van der Waals surface area contributed by atoms with Gasteiger partial charge in [0.1, 0.15) is 0 Å². The molecule has 2 aliphatic carbocycles. The van der Waals surface area contributed by atoms with Gasteiger partial charge >= 0.3 is 0 Å². The topological polar surface area (TPSA) is 78.4 Å². The van der Waals surface area contributed by atoms with Gasteiger partial charge in [0, 0.05) is 25.0 Å². The number of hydrogen-bond acceptors (Lipinski definition) is 3. The summed E-state index contributed by atoms with van der Waals surface area (Å²) in [5.41, 5.74) is -0.0762. The lowest BCUT2D eigenvalue weighted by Gasteiger charge is -2.30. The molecule has 0 aromatic carbocycles. The number of fused-ring (bicyclic) bond motifs is 2. The zero-order valence-corrected chi connectivity index (χ0v) is 13.3. The largest absolute Gasteiger partial charge is 0.396 e. The Hall–Kier alpha value is -1.10. The van der Waals surface area contributed by atoms with E-state index in [0.717, 1.165) is 12.8 Å². The van der Waals surface area contributed by atoms with Crippen molar-refractivity contribution in [2.45, 2.75) is 52.5 Å². The molecule has 0 aromatic heterocycles. The molecular formula is C16H28N2O3. The second-order valence-electron chi connectivity index (χ2n) is 7.79. The third-order valence-electron chi connectivity index (χ3n) is 4.76. The fraction of sp³-hybridized carbons (Fsp3) is 0.875. The van der Waals surface area contributed by atoms with Crippen LogP contribution in [0.1, 0.15) is 46.5 Å². The lowest BCUT2D eigenvalue weighted by Crippen LogP contribution is -2.48. The predicted octanol–water partition coefficient (Wildman–Crippen LogP) is 1.06. The Balaban J connectivity index is 1.76. The van der Waals surface area contributed by atoms with E-state index >= 15 is 0 Å². The summed E-state index contributed by atoms with van der Waals surface area (Å²) in [6, 6.07) is 0.0840. The van der Waals surface area contributed by atoms with Crippen LogP contribution in [0.5, 0.6) is 0 Å². The van der Waals surface area contributed by atoms with Crippen molar-refractivity contribution in [1.29, 1.82) is 0 Å². The van der Waals surface area contributed by atoms with Crippen LogP contribution < -0.4 is 10.6 Å². The number of hydrogen-bond donors (Lipinski definition) is 3. The third kappa shape index (κ3) is 4.19. The van der Waals surface area contributed by atoms with E-state index in [1.165, 1.54) is 6.42 Å². The molecule has 0 spiro atoms. The third-order valence-corrected chi connectivity index (χ3v) is 4.76. The predicted molar refractivity (Wildman–Crippen MR) is 80.4 cm³/mol. The maximum atomic E-state index is 12.0. The van der Waals surface area contributed by atoms with E-state index in [4.69, 9.17) is 0 Å². The molecule has 0 aromatic rings. The Morgan fingerprint density at radius 1 is 1.14 bits per heavy atom.